The molecular formula is C24H31N3OS. The molecule has 0 fully saturated rings. The van der Waals surface area contributed by atoms with Crippen LogP contribution in [0, 0.1) is 0 Å². The van der Waals surface area contributed by atoms with Crippen LogP contribution in [0.5, 0.6) is 5.75 Å². The number of aromatic nitrogens is 1. The van der Waals surface area contributed by atoms with Crippen molar-refractivity contribution in [1.29, 1.82) is 0 Å². The third-order valence-corrected chi connectivity index (χ3v) is 5.70. The van der Waals surface area contributed by atoms with Crippen molar-refractivity contribution in [3.05, 3.63) is 60.3 Å². The molecule has 0 aliphatic carbocycles. The summed E-state index contributed by atoms with van der Waals surface area (Å²) in [6, 6.07) is 16.9. The smallest absolute Gasteiger partial charge is 0.174 e. The van der Waals surface area contributed by atoms with Gasteiger partial charge in [-0.3, -0.25) is 0 Å². The van der Waals surface area contributed by atoms with E-state index in [0.717, 1.165) is 36.1 Å². The number of anilines is 1. The van der Waals surface area contributed by atoms with Crippen LogP contribution in [-0.4, -0.2) is 27.2 Å². The van der Waals surface area contributed by atoms with E-state index in [2.05, 4.69) is 66.0 Å². The molecule has 1 heterocycles. The molecule has 1 aromatic heterocycles. The Morgan fingerprint density at radius 3 is 2.55 bits per heavy atom. The summed E-state index contributed by atoms with van der Waals surface area (Å²) < 4.78 is 8.06. The molecule has 29 heavy (non-hydrogen) atoms. The van der Waals surface area contributed by atoms with E-state index in [1.807, 2.05) is 31.2 Å². The Labute approximate surface area is 179 Å². The molecule has 5 heteroatoms. The Kier molecular flexibility index (Phi) is 7.15. The third-order valence-electron chi connectivity index (χ3n) is 5.36. The number of hydrogen-bond acceptors (Lipinski definition) is 2. The summed E-state index contributed by atoms with van der Waals surface area (Å²) in [6.45, 7) is 10.9. The van der Waals surface area contributed by atoms with Crippen LogP contribution >= 0.6 is 12.2 Å². The minimum absolute atomic E-state index is 0.318. The van der Waals surface area contributed by atoms with Gasteiger partial charge in [0.2, 0.25) is 0 Å². The summed E-state index contributed by atoms with van der Waals surface area (Å²) in [4.78, 5) is 2.28. The van der Waals surface area contributed by atoms with Gasteiger partial charge in [0.25, 0.3) is 0 Å². The number of aryl methyl sites for hydroxylation is 1. The van der Waals surface area contributed by atoms with Gasteiger partial charge < -0.3 is 19.5 Å². The molecule has 1 atom stereocenters. The number of hydrogen-bond donors (Lipinski definition) is 1. The second kappa shape index (κ2) is 9.79. The van der Waals surface area contributed by atoms with Crippen LogP contribution < -0.4 is 10.1 Å². The molecule has 3 rings (SSSR count). The van der Waals surface area contributed by atoms with Gasteiger partial charge in [0.1, 0.15) is 5.75 Å². The highest BCUT2D eigenvalue weighted by Gasteiger charge is 2.19. The first-order chi connectivity index (χ1) is 14.1. The maximum absolute atomic E-state index is 5.85. The second-order valence-corrected chi connectivity index (χ2v) is 7.59. The maximum atomic E-state index is 5.85. The van der Waals surface area contributed by atoms with Crippen molar-refractivity contribution in [2.24, 2.45) is 0 Å². The topological polar surface area (TPSA) is 29.4 Å². The van der Waals surface area contributed by atoms with Crippen LogP contribution in [0.25, 0.3) is 10.9 Å². The van der Waals surface area contributed by atoms with Crippen LogP contribution in [0.3, 0.4) is 0 Å². The molecule has 4 nitrogen and oxygen atoms in total. The van der Waals surface area contributed by atoms with Crippen molar-refractivity contribution < 1.29 is 4.74 Å². The molecule has 0 spiro atoms. The van der Waals surface area contributed by atoms with Crippen LogP contribution in [-0.2, 0) is 13.1 Å². The number of ether oxygens (including phenoxy) is 1. The van der Waals surface area contributed by atoms with E-state index in [-0.39, 0.29) is 0 Å². The predicted octanol–water partition coefficient (Wildman–Crippen LogP) is 6.06. The molecule has 0 aliphatic rings. The average Bonchev–Trinajstić information content (AvgIpc) is 3.10. The SMILES string of the molecule is CCOc1ccccc1NC(=S)N(Cc1cn(CC)c2ccccc12)[C@H](C)CC. The van der Waals surface area contributed by atoms with Gasteiger partial charge in [0, 0.05) is 36.2 Å². The Morgan fingerprint density at radius 2 is 1.83 bits per heavy atom. The minimum atomic E-state index is 0.318. The number of benzene rings is 2. The van der Waals surface area contributed by atoms with Crippen LogP contribution in [0.4, 0.5) is 5.69 Å². The van der Waals surface area contributed by atoms with Crippen LogP contribution in [0.2, 0.25) is 0 Å². The second-order valence-electron chi connectivity index (χ2n) is 7.20. The van der Waals surface area contributed by atoms with E-state index in [1.54, 1.807) is 0 Å². The molecule has 154 valence electrons. The van der Waals surface area contributed by atoms with E-state index < -0.39 is 0 Å². The van der Waals surface area contributed by atoms with Gasteiger partial charge in [-0.25, -0.2) is 0 Å². The van der Waals surface area contributed by atoms with Gasteiger partial charge in [-0.05, 0) is 63.2 Å². The zero-order chi connectivity index (χ0) is 20.8. The van der Waals surface area contributed by atoms with Crippen molar-refractivity contribution >= 4 is 33.9 Å². The predicted molar refractivity (Wildman–Crippen MR) is 127 cm³/mol. The van der Waals surface area contributed by atoms with Gasteiger partial charge in [-0.2, -0.15) is 0 Å². The summed E-state index contributed by atoms with van der Waals surface area (Å²) in [5, 5.41) is 5.44. The highest BCUT2D eigenvalue weighted by molar-refractivity contribution is 7.80. The number of nitrogens with zero attached hydrogens (tertiary/aromatic N) is 2. The first-order valence-corrected chi connectivity index (χ1v) is 10.9. The van der Waals surface area contributed by atoms with Crippen LogP contribution in [0.15, 0.2) is 54.7 Å². The van der Waals surface area contributed by atoms with E-state index >= 15 is 0 Å². The first-order valence-electron chi connectivity index (χ1n) is 10.4. The fourth-order valence-corrected chi connectivity index (χ4v) is 3.93. The molecule has 3 aromatic rings. The fourth-order valence-electron chi connectivity index (χ4n) is 3.58. The largest absolute Gasteiger partial charge is 0.492 e. The number of para-hydroxylation sites is 3. The monoisotopic (exact) mass is 409 g/mol. The molecule has 0 bridgehead atoms. The Morgan fingerprint density at radius 1 is 1.10 bits per heavy atom. The highest BCUT2D eigenvalue weighted by Crippen LogP contribution is 2.27. The third kappa shape index (κ3) is 4.73. The zero-order valence-electron chi connectivity index (χ0n) is 17.8. The lowest BCUT2D eigenvalue weighted by molar-refractivity contribution is 0.319. The summed E-state index contributed by atoms with van der Waals surface area (Å²) in [5.74, 6) is 0.823. The summed E-state index contributed by atoms with van der Waals surface area (Å²) in [5.41, 5.74) is 3.48. The summed E-state index contributed by atoms with van der Waals surface area (Å²) in [6.07, 6.45) is 3.28. The highest BCUT2D eigenvalue weighted by atomic mass is 32.1. The van der Waals surface area contributed by atoms with Crippen molar-refractivity contribution in [2.45, 2.75) is 53.2 Å². The van der Waals surface area contributed by atoms with Gasteiger partial charge >= 0.3 is 0 Å². The average molecular weight is 410 g/mol. The van der Waals surface area contributed by atoms with Gasteiger partial charge in [0.05, 0.1) is 12.3 Å². The summed E-state index contributed by atoms with van der Waals surface area (Å²) in [7, 11) is 0. The molecule has 0 amide bonds. The molecule has 0 saturated heterocycles. The lowest BCUT2D eigenvalue weighted by Gasteiger charge is -2.31. The number of thiocarbonyl (C=S) groups is 1. The molecule has 0 saturated carbocycles. The molecule has 2 aromatic carbocycles. The number of nitrogens with one attached hydrogen (secondary N) is 1. The van der Waals surface area contributed by atoms with Gasteiger partial charge in [-0.15, -0.1) is 0 Å². The molecule has 1 N–H and O–H groups in total. The van der Waals surface area contributed by atoms with E-state index in [9.17, 15) is 0 Å². The van der Waals surface area contributed by atoms with Crippen molar-refractivity contribution in [2.75, 3.05) is 11.9 Å². The lowest BCUT2D eigenvalue weighted by atomic mass is 10.1. The Balaban J connectivity index is 1.89. The Hall–Kier alpha value is -2.53. The van der Waals surface area contributed by atoms with Gasteiger partial charge in [0.15, 0.2) is 5.11 Å². The molecule has 0 unspecified atom stereocenters. The van der Waals surface area contributed by atoms with E-state index in [0.29, 0.717) is 12.6 Å². The molecular weight excluding hydrogens is 378 g/mol. The van der Waals surface area contributed by atoms with E-state index in [1.165, 1.54) is 16.5 Å². The van der Waals surface area contributed by atoms with Crippen molar-refractivity contribution in [3.8, 4) is 5.75 Å². The molecule has 0 aliphatic heterocycles. The van der Waals surface area contributed by atoms with Crippen molar-refractivity contribution in [1.82, 2.24) is 9.47 Å². The molecule has 0 radical (unpaired) electrons. The van der Waals surface area contributed by atoms with Crippen molar-refractivity contribution in [3.63, 3.8) is 0 Å². The lowest BCUT2D eigenvalue weighted by Crippen LogP contribution is -2.40. The van der Waals surface area contributed by atoms with E-state index in [4.69, 9.17) is 17.0 Å². The van der Waals surface area contributed by atoms with Crippen LogP contribution in [0.1, 0.15) is 39.7 Å². The normalized spacial score (nSPS) is 12.0. The maximum Gasteiger partial charge on any atom is 0.174 e. The zero-order valence-corrected chi connectivity index (χ0v) is 18.6. The fraction of sp³-hybridized carbons (Fsp3) is 0.375. The standard InChI is InChI=1S/C24H31N3OS/c1-5-18(4)27(24(29)25-21-13-9-11-15-23(21)28-7-3)17-19-16-26(6-2)22-14-10-8-12-20(19)22/h8-16,18H,5-7,17H2,1-4H3,(H,25,29)/t18-/m1/s1. The minimum Gasteiger partial charge on any atom is -0.492 e. The van der Waals surface area contributed by atoms with Gasteiger partial charge in [-0.1, -0.05) is 37.3 Å². The summed E-state index contributed by atoms with van der Waals surface area (Å²) >= 11 is 5.85. The number of rotatable bonds is 8. The first kappa shape index (κ1) is 21.2. The quantitative estimate of drug-likeness (QED) is 0.458. The number of fused-ring (bicyclic) bond motifs is 1. The Bertz CT molecular complexity index is 966.